The number of carbonyl (C=O) groups excluding carboxylic acids is 1. The number of benzene rings is 4. The van der Waals surface area contributed by atoms with Gasteiger partial charge in [-0.05, 0) is 37.9 Å². The molecule has 148 valence electrons. The van der Waals surface area contributed by atoms with E-state index in [1.165, 1.54) is 48.5 Å². The molecule has 29 heavy (non-hydrogen) atoms. The highest BCUT2D eigenvalue weighted by Gasteiger charge is 2.12. The molecular weight excluding hydrogens is 404 g/mol. The average Bonchev–Trinajstić information content (AvgIpc) is 2.73. The second kappa shape index (κ2) is 8.93. The van der Waals surface area contributed by atoms with Gasteiger partial charge in [-0.25, -0.2) is 0 Å². The maximum atomic E-state index is 12.1. The first kappa shape index (κ1) is 19.9. The van der Waals surface area contributed by atoms with Crippen molar-refractivity contribution < 1.29 is 19.4 Å². The molecular formula is C23H20O4S2. The van der Waals surface area contributed by atoms with E-state index in [1.54, 1.807) is 0 Å². The summed E-state index contributed by atoms with van der Waals surface area (Å²) in [4.78, 5) is 22.6. The third kappa shape index (κ3) is 4.43. The van der Waals surface area contributed by atoms with E-state index in [9.17, 15) is 9.59 Å². The fourth-order valence-electron chi connectivity index (χ4n) is 3.52. The molecule has 0 aliphatic heterocycles. The van der Waals surface area contributed by atoms with Crippen LogP contribution in [-0.4, -0.2) is 28.6 Å². The van der Waals surface area contributed by atoms with E-state index in [2.05, 4.69) is 48.5 Å². The minimum absolute atomic E-state index is 0.136. The molecule has 0 spiro atoms. The van der Waals surface area contributed by atoms with Crippen LogP contribution in [0.3, 0.4) is 0 Å². The topological polar surface area (TPSA) is 63.6 Å². The summed E-state index contributed by atoms with van der Waals surface area (Å²) in [6, 6.07) is 19.0. The van der Waals surface area contributed by atoms with Gasteiger partial charge < -0.3 is 9.84 Å². The zero-order valence-corrected chi connectivity index (χ0v) is 17.4. The van der Waals surface area contributed by atoms with Gasteiger partial charge in [0, 0.05) is 11.5 Å². The lowest BCUT2D eigenvalue weighted by Crippen LogP contribution is -2.06. The standard InChI is InChI=1S/C23H20O4S2/c24-20(25)10-12-28-29-13-11-21(26)27-14-18-7-6-17-5-4-15-2-1-3-16-8-9-19(18)23(17)22(15)16/h1-9H,10-14H2,(H,24,25). The van der Waals surface area contributed by atoms with E-state index in [0.29, 0.717) is 17.9 Å². The van der Waals surface area contributed by atoms with Crippen molar-refractivity contribution in [3.63, 3.8) is 0 Å². The van der Waals surface area contributed by atoms with Gasteiger partial charge in [0.1, 0.15) is 6.61 Å². The van der Waals surface area contributed by atoms with Gasteiger partial charge in [-0.15, -0.1) is 0 Å². The highest BCUT2D eigenvalue weighted by atomic mass is 33.1. The molecule has 0 unspecified atom stereocenters. The monoisotopic (exact) mass is 424 g/mol. The Hall–Kier alpha value is -2.44. The summed E-state index contributed by atoms with van der Waals surface area (Å²) in [6.45, 7) is 0.254. The zero-order chi connectivity index (χ0) is 20.2. The number of hydrogen-bond donors (Lipinski definition) is 1. The second-order valence-corrected chi connectivity index (χ2v) is 9.48. The lowest BCUT2D eigenvalue weighted by atomic mass is 9.92. The first-order valence-electron chi connectivity index (χ1n) is 9.41. The molecule has 4 aromatic rings. The second-order valence-electron chi connectivity index (χ2n) is 6.78. The number of rotatable bonds is 9. The summed E-state index contributed by atoms with van der Waals surface area (Å²) in [7, 11) is 2.98. The Bertz CT molecular complexity index is 1160. The SMILES string of the molecule is O=C(O)CCSSCCC(=O)OCc1ccc2ccc3cccc4ccc1c2c34. The van der Waals surface area contributed by atoms with Crippen molar-refractivity contribution in [1.82, 2.24) is 0 Å². The Morgan fingerprint density at radius 3 is 2.14 bits per heavy atom. The molecule has 6 heteroatoms. The van der Waals surface area contributed by atoms with Crippen LogP contribution in [0.25, 0.3) is 32.3 Å². The van der Waals surface area contributed by atoms with Gasteiger partial charge in [-0.1, -0.05) is 76.2 Å². The lowest BCUT2D eigenvalue weighted by Gasteiger charge is -2.14. The molecule has 0 aliphatic carbocycles. The number of carboxylic acids is 1. The predicted octanol–water partition coefficient (Wildman–Crippen LogP) is 5.87. The molecule has 1 N–H and O–H groups in total. The van der Waals surface area contributed by atoms with Crippen LogP contribution in [0.2, 0.25) is 0 Å². The molecule has 0 bridgehead atoms. The molecule has 0 saturated heterocycles. The van der Waals surface area contributed by atoms with Crippen LogP contribution in [0, 0.1) is 0 Å². The lowest BCUT2D eigenvalue weighted by molar-refractivity contribution is -0.144. The number of ether oxygens (including phenoxy) is 1. The minimum atomic E-state index is -0.800. The molecule has 0 aromatic heterocycles. The minimum Gasteiger partial charge on any atom is -0.481 e. The largest absolute Gasteiger partial charge is 0.481 e. The van der Waals surface area contributed by atoms with Crippen LogP contribution < -0.4 is 0 Å². The summed E-state index contributed by atoms with van der Waals surface area (Å²) in [5.74, 6) is 0.118. The maximum Gasteiger partial charge on any atom is 0.306 e. The Kier molecular flexibility index (Phi) is 6.11. The number of carboxylic acid groups (broad SMARTS) is 1. The van der Waals surface area contributed by atoms with Crippen LogP contribution in [0.15, 0.2) is 54.6 Å². The summed E-state index contributed by atoms with van der Waals surface area (Å²) in [5.41, 5.74) is 1.01. The van der Waals surface area contributed by atoms with Crippen molar-refractivity contribution in [2.75, 3.05) is 11.5 Å². The van der Waals surface area contributed by atoms with Crippen LogP contribution in [0.4, 0.5) is 0 Å². The van der Waals surface area contributed by atoms with Crippen molar-refractivity contribution in [3.8, 4) is 0 Å². The summed E-state index contributed by atoms with van der Waals surface area (Å²) in [5, 5.41) is 15.8. The van der Waals surface area contributed by atoms with E-state index < -0.39 is 5.97 Å². The van der Waals surface area contributed by atoms with Gasteiger partial charge in [0.2, 0.25) is 0 Å². The fourth-order valence-corrected chi connectivity index (χ4v) is 5.47. The van der Waals surface area contributed by atoms with Crippen LogP contribution in [-0.2, 0) is 20.9 Å². The molecule has 0 fully saturated rings. The van der Waals surface area contributed by atoms with Gasteiger partial charge in [-0.3, -0.25) is 9.59 Å². The van der Waals surface area contributed by atoms with Crippen molar-refractivity contribution in [2.24, 2.45) is 0 Å². The van der Waals surface area contributed by atoms with Crippen molar-refractivity contribution >= 4 is 65.8 Å². The van der Waals surface area contributed by atoms with Crippen LogP contribution in [0.5, 0.6) is 0 Å². The first-order valence-corrected chi connectivity index (χ1v) is 11.9. The van der Waals surface area contributed by atoms with E-state index in [-0.39, 0.29) is 19.0 Å². The number of esters is 1. The van der Waals surface area contributed by atoms with Gasteiger partial charge in [0.05, 0.1) is 12.8 Å². The predicted molar refractivity (Wildman–Crippen MR) is 122 cm³/mol. The Morgan fingerprint density at radius 2 is 1.41 bits per heavy atom. The molecule has 4 rings (SSSR count). The molecule has 0 heterocycles. The third-order valence-electron chi connectivity index (χ3n) is 4.88. The normalized spacial score (nSPS) is 11.4. The number of hydrogen-bond acceptors (Lipinski definition) is 5. The van der Waals surface area contributed by atoms with E-state index >= 15 is 0 Å². The molecule has 0 radical (unpaired) electrons. The molecule has 0 saturated carbocycles. The van der Waals surface area contributed by atoms with E-state index in [0.717, 1.165) is 10.9 Å². The molecule has 0 atom stereocenters. The summed E-state index contributed by atoms with van der Waals surface area (Å²) < 4.78 is 5.51. The Labute approximate surface area is 176 Å². The highest BCUT2D eigenvalue weighted by molar-refractivity contribution is 8.76. The Morgan fingerprint density at radius 1 is 0.793 bits per heavy atom. The molecule has 0 amide bonds. The molecule has 4 nitrogen and oxygen atoms in total. The van der Waals surface area contributed by atoms with Gasteiger partial charge in [-0.2, -0.15) is 0 Å². The van der Waals surface area contributed by atoms with Crippen LogP contribution in [0.1, 0.15) is 18.4 Å². The van der Waals surface area contributed by atoms with Crippen LogP contribution >= 0.6 is 21.6 Å². The fraction of sp³-hybridized carbons (Fsp3) is 0.217. The summed E-state index contributed by atoms with van der Waals surface area (Å²) >= 11 is 0. The van der Waals surface area contributed by atoms with Gasteiger partial charge >= 0.3 is 11.9 Å². The van der Waals surface area contributed by atoms with Crippen molar-refractivity contribution in [1.29, 1.82) is 0 Å². The summed E-state index contributed by atoms with van der Waals surface area (Å²) in [6.07, 6.45) is 0.452. The van der Waals surface area contributed by atoms with Gasteiger partial charge in [0.25, 0.3) is 0 Å². The van der Waals surface area contributed by atoms with Crippen molar-refractivity contribution in [2.45, 2.75) is 19.4 Å². The smallest absolute Gasteiger partial charge is 0.306 e. The van der Waals surface area contributed by atoms with Crippen molar-refractivity contribution in [3.05, 3.63) is 60.2 Å². The maximum absolute atomic E-state index is 12.1. The number of carbonyl (C=O) groups is 2. The third-order valence-corrected chi connectivity index (χ3v) is 7.29. The van der Waals surface area contributed by atoms with E-state index in [1.807, 2.05) is 6.07 Å². The number of aliphatic carboxylic acids is 1. The Balaban J connectivity index is 1.42. The van der Waals surface area contributed by atoms with E-state index in [4.69, 9.17) is 9.84 Å². The van der Waals surface area contributed by atoms with Gasteiger partial charge in [0.15, 0.2) is 0 Å². The first-order chi connectivity index (χ1) is 14.1. The highest BCUT2D eigenvalue weighted by Crippen LogP contribution is 2.36. The molecule has 0 aliphatic rings. The zero-order valence-electron chi connectivity index (χ0n) is 15.7. The molecule has 4 aromatic carbocycles. The average molecular weight is 425 g/mol. The quantitative estimate of drug-likeness (QED) is 0.157.